The minimum absolute atomic E-state index is 0.00305. The molecule has 1 saturated heterocycles. The van der Waals surface area contributed by atoms with Crippen LogP contribution in [-0.4, -0.2) is 62.5 Å². The molecule has 11 nitrogen and oxygen atoms in total. The van der Waals surface area contributed by atoms with Gasteiger partial charge in [-0.25, -0.2) is 0 Å². The molecule has 0 atom stereocenters. The molecule has 0 aliphatic carbocycles. The Labute approximate surface area is 204 Å². The Morgan fingerprint density at radius 3 is 2.54 bits per heavy atom. The molecule has 0 spiro atoms. The summed E-state index contributed by atoms with van der Waals surface area (Å²) in [5, 5.41) is 18.5. The minimum atomic E-state index is -0.00305. The zero-order valence-corrected chi connectivity index (χ0v) is 19.5. The quantitative estimate of drug-likeness (QED) is 0.267. The Balaban J connectivity index is 1.20. The third-order valence-electron chi connectivity index (χ3n) is 5.46. The lowest BCUT2D eigenvalue weighted by molar-refractivity contribution is -0.128. The van der Waals surface area contributed by atoms with E-state index in [1.54, 1.807) is 35.4 Å². The van der Waals surface area contributed by atoms with Crippen LogP contribution in [-0.2, 0) is 11.3 Å². The molecule has 1 aliphatic rings. The van der Waals surface area contributed by atoms with Gasteiger partial charge in [0.2, 0.25) is 23.3 Å². The van der Waals surface area contributed by atoms with E-state index in [0.29, 0.717) is 61.1 Å². The third kappa shape index (κ3) is 4.58. The summed E-state index contributed by atoms with van der Waals surface area (Å²) in [6.45, 7) is 6.33. The van der Waals surface area contributed by atoms with Gasteiger partial charge in [-0.2, -0.15) is 10.2 Å². The van der Waals surface area contributed by atoms with Gasteiger partial charge in [0.1, 0.15) is 6.07 Å². The summed E-state index contributed by atoms with van der Waals surface area (Å²) in [4.78, 5) is 20.8. The molecular weight excluding hydrogens is 470 g/mol. The maximum atomic E-state index is 12.9. The normalized spacial score (nSPS) is 13.7. The van der Waals surface area contributed by atoms with E-state index >= 15 is 0 Å². The molecule has 0 N–H and O–H groups in total. The zero-order valence-electron chi connectivity index (χ0n) is 18.7. The molecule has 35 heavy (non-hydrogen) atoms. The molecule has 178 valence electrons. The second-order valence-electron chi connectivity index (χ2n) is 7.60. The third-order valence-corrected chi connectivity index (χ3v) is 6.41. The summed E-state index contributed by atoms with van der Waals surface area (Å²) in [5.41, 5.74) is 0.195. The average molecular weight is 492 g/mol. The number of oxazole rings is 1. The van der Waals surface area contributed by atoms with Crippen molar-refractivity contribution in [2.45, 2.75) is 11.7 Å². The van der Waals surface area contributed by atoms with Crippen LogP contribution < -0.4 is 4.90 Å². The fourth-order valence-electron chi connectivity index (χ4n) is 3.76. The maximum Gasteiger partial charge on any atom is 0.266 e. The van der Waals surface area contributed by atoms with Crippen molar-refractivity contribution in [1.82, 2.24) is 24.6 Å². The number of carbonyl (C=O) groups is 1. The number of hydrogen-bond donors (Lipinski definition) is 0. The first-order valence-corrected chi connectivity index (χ1v) is 11.8. The van der Waals surface area contributed by atoms with E-state index in [1.807, 2.05) is 15.5 Å². The van der Waals surface area contributed by atoms with Crippen LogP contribution in [0, 0.1) is 11.3 Å². The van der Waals surface area contributed by atoms with E-state index < -0.39 is 0 Å². The first-order chi connectivity index (χ1) is 17.2. The Morgan fingerprint density at radius 1 is 1.14 bits per heavy atom. The zero-order chi connectivity index (χ0) is 24.2. The average Bonchev–Trinajstić information content (AvgIpc) is 3.69. The van der Waals surface area contributed by atoms with Gasteiger partial charge in [-0.1, -0.05) is 17.8 Å². The molecule has 1 amide bonds. The maximum absolute atomic E-state index is 12.9. The highest BCUT2D eigenvalue weighted by Crippen LogP contribution is 2.29. The van der Waals surface area contributed by atoms with Gasteiger partial charge in [0.25, 0.3) is 5.89 Å². The molecule has 1 aliphatic heterocycles. The number of nitrogens with zero attached hydrogens (tertiary/aromatic N) is 7. The van der Waals surface area contributed by atoms with Crippen LogP contribution in [0.3, 0.4) is 0 Å². The van der Waals surface area contributed by atoms with Crippen molar-refractivity contribution >= 4 is 23.6 Å². The summed E-state index contributed by atoms with van der Waals surface area (Å²) < 4.78 is 18.4. The van der Waals surface area contributed by atoms with E-state index in [-0.39, 0.29) is 23.2 Å². The molecule has 0 saturated carbocycles. The molecule has 4 aromatic heterocycles. The number of hydrogen-bond acceptors (Lipinski definition) is 10. The highest BCUT2D eigenvalue weighted by molar-refractivity contribution is 7.99. The fraction of sp³-hybridized carbons (Fsp3) is 0.261. The van der Waals surface area contributed by atoms with Crippen LogP contribution in [0.15, 0.2) is 67.9 Å². The van der Waals surface area contributed by atoms with Crippen molar-refractivity contribution in [3.63, 3.8) is 0 Å². The number of allylic oxidation sites excluding steroid dienone is 1. The van der Waals surface area contributed by atoms with Crippen molar-refractivity contribution < 1.29 is 18.0 Å². The highest BCUT2D eigenvalue weighted by Gasteiger charge is 2.27. The molecule has 0 unspecified atom stereocenters. The van der Waals surface area contributed by atoms with E-state index in [0.717, 1.165) is 0 Å². The SMILES string of the molecule is C=CCn1c(SCC(=O)N2CCN(c3oc(-c4ccco4)nc3C#N)CC2)nnc1-c1ccco1. The smallest absolute Gasteiger partial charge is 0.266 e. The monoisotopic (exact) mass is 491 g/mol. The summed E-state index contributed by atoms with van der Waals surface area (Å²) in [6, 6.07) is 9.12. The second-order valence-corrected chi connectivity index (χ2v) is 8.54. The number of aromatic nitrogens is 4. The summed E-state index contributed by atoms with van der Waals surface area (Å²) in [6.07, 6.45) is 4.84. The number of furan rings is 2. The van der Waals surface area contributed by atoms with Crippen molar-refractivity contribution in [3.8, 4) is 29.3 Å². The van der Waals surface area contributed by atoms with Gasteiger partial charge in [-0.15, -0.1) is 16.8 Å². The largest absolute Gasteiger partial charge is 0.461 e. The predicted octanol–water partition coefficient (Wildman–Crippen LogP) is 3.28. The molecule has 0 radical (unpaired) electrons. The van der Waals surface area contributed by atoms with Gasteiger partial charge in [0.15, 0.2) is 16.7 Å². The predicted molar refractivity (Wildman–Crippen MR) is 126 cm³/mol. The molecule has 12 heteroatoms. The number of thioether (sulfide) groups is 1. The van der Waals surface area contributed by atoms with Gasteiger partial charge in [-0.05, 0) is 24.3 Å². The van der Waals surface area contributed by atoms with Gasteiger partial charge >= 0.3 is 0 Å². The van der Waals surface area contributed by atoms with Crippen LogP contribution in [0.4, 0.5) is 5.88 Å². The van der Waals surface area contributed by atoms with Gasteiger partial charge in [0, 0.05) is 32.7 Å². The minimum Gasteiger partial charge on any atom is -0.461 e. The Kier molecular flexibility index (Phi) is 6.40. The van der Waals surface area contributed by atoms with Crippen molar-refractivity contribution in [2.75, 3.05) is 36.8 Å². The molecule has 0 bridgehead atoms. The summed E-state index contributed by atoms with van der Waals surface area (Å²) in [5.74, 6) is 2.52. The standard InChI is InChI=1S/C23H21N7O4S/c1-2-7-30-20(17-5-3-12-32-17)26-27-23(30)35-15-19(31)28-8-10-29(11-9-28)22-16(14-24)25-21(34-22)18-6-4-13-33-18/h2-6,12-13H,1,7-11,15H2. The molecular formula is C23H21N7O4S. The van der Waals surface area contributed by atoms with Crippen molar-refractivity contribution in [1.29, 1.82) is 5.26 Å². The van der Waals surface area contributed by atoms with E-state index in [9.17, 15) is 10.1 Å². The molecule has 1 fully saturated rings. The van der Waals surface area contributed by atoms with Gasteiger partial charge in [-0.3, -0.25) is 9.36 Å². The summed E-state index contributed by atoms with van der Waals surface area (Å²) >= 11 is 1.33. The van der Waals surface area contributed by atoms with Gasteiger partial charge in [0.05, 0.1) is 18.3 Å². The van der Waals surface area contributed by atoms with Crippen LogP contribution in [0.5, 0.6) is 0 Å². The molecule has 5 rings (SSSR count). The van der Waals surface area contributed by atoms with Gasteiger partial charge < -0.3 is 23.1 Å². The molecule has 5 heterocycles. The molecule has 4 aromatic rings. The van der Waals surface area contributed by atoms with Crippen molar-refractivity contribution in [3.05, 3.63) is 55.1 Å². The number of rotatable bonds is 8. The van der Waals surface area contributed by atoms with Crippen LogP contribution in [0.1, 0.15) is 5.69 Å². The number of anilines is 1. The van der Waals surface area contributed by atoms with Crippen LogP contribution in [0.25, 0.3) is 23.2 Å². The highest BCUT2D eigenvalue weighted by atomic mass is 32.2. The number of piperazine rings is 1. The first-order valence-electron chi connectivity index (χ1n) is 10.9. The van der Waals surface area contributed by atoms with Crippen LogP contribution in [0.2, 0.25) is 0 Å². The van der Waals surface area contributed by atoms with Crippen molar-refractivity contribution in [2.24, 2.45) is 0 Å². The second kappa shape index (κ2) is 9.94. The lowest BCUT2D eigenvalue weighted by atomic mass is 10.3. The Morgan fingerprint density at radius 2 is 1.89 bits per heavy atom. The lowest BCUT2D eigenvalue weighted by Gasteiger charge is -2.34. The van der Waals surface area contributed by atoms with Crippen LogP contribution >= 0.6 is 11.8 Å². The first kappa shape index (κ1) is 22.5. The van der Waals surface area contributed by atoms with E-state index in [2.05, 4.69) is 27.8 Å². The fourth-order valence-corrected chi connectivity index (χ4v) is 4.61. The number of carbonyl (C=O) groups excluding carboxylic acids is 1. The summed E-state index contributed by atoms with van der Waals surface area (Å²) in [7, 11) is 0. The molecule has 0 aromatic carbocycles. The van der Waals surface area contributed by atoms with E-state index in [1.165, 1.54) is 18.0 Å². The number of amides is 1. The van der Waals surface area contributed by atoms with E-state index in [4.69, 9.17) is 13.3 Å². The number of nitriles is 1. The topological polar surface area (TPSA) is 130 Å². The lowest BCUT2D eigenvalue weighted by Crippen LogP contribution is -2.49. The Hall–Kier alpha value is -4.24. The Bertz CT molecular complexity index is 1340.